The van der Waals surface area contributed by atoms with Gasteiger partial charge in [0, 0.05) is 11.1 Å². The highest BCUT2D eigenvalue weighted by molar-refractivity contribution is 5.75. The summed E-state index contributed by atoms with van der Waals surface area (Å²) in [6.07, 6.45) is 2.13. The van der Waals surface area contributed by atoms with E-state index in [0.29, 0.717) is 11.5 Å². The predicted octanol–water partition coefficient (Wildman–Crippen LogP) is 1.55. The number of carbonyl (C=O) groups excluding carboxylic acids is 1. The fraction of sp³-hybridized carbons (Fsp3) is 0. The second-order valence-corrected chi connectivity index (χ2v) is 2.49. The van der Waals surface area contributed by atoms with E-state index < -0.39 is 0 Å². The molecule has 2 rings (SSSR count). The molecule has 64 valence electrons. The lowest BCUT2D eigenvalue weighted by atomic mass is 10.1. The first-order valence-electron chi connectivity index (χ1n) is 3.72. The van der Waals surface area contributed by atoms with Gasteiger partial charge in [-0.05, 0) is 12.1 Å². The largest absolute Gasteiger partial charge is 0.334 e. The fourth-order valence-corrected chi connectivity index (χ4v) is 1.00. The van der Waals surface area contributed by atoms with E-state index in [1.54, 1.807) is 24.3 Å². The molecule has 0 saturated heterocycles. The summed E-state index contributed by atoms with van der Waals surface area (Å²) in [6.45, 7) is 0. The minimum atomic E-state index is 0.456. The minimum Gasteiger partial charge on any atom is -0.334 e. The molecule has 0 radical (unpaired) electrons. The van der Waals surface area contributed by atoms with Crippen LogP contribution < -0.4 is 0 Å². The Morgan fingerprint density at radius 3 is 2.54 bits per heavy atom. The molecule has 0 N–H and O–H groups in total. The van der Waals surface area contributed by atoms with Crippen molar-refractivity contribution in [3.8, 4) is 11.5 Å². The third-order valence-electron chi connectivity index (χ3n) is 1.66. The average Bonchev–Trinajstić information content (AvgIpc) is 2.71. The molecule has 0 unspecified atom stereocenters. The van der Waals surface area contributed by atoms with Gasteiger partial charge in [0.05, 0.1) is 0 Å². The van der Waals surface area contributed by atoms with E-state index in [1.807, 2.05) is 0 Å². The molecule has 0 aliphatic rings. The molecule has 13 heavy (non-hydrogen) atoms. The smallest absolute Gasteiger partial charge is 0.257 e. The Morgan fingerprint density at radius 2 is 2.00 bits per heavy atom. The normalized spacial score (nSPS) is 9.85. The van der Waals surface area contributed by atoms with Gasteiger partial charge in [-0.2, -0.15) is 4.98 Å². The fourth-order valence-electron chi connectivity index (χ4n) is 1.00. The van der Waals surface area contributed by atoms with E-state index in [4.69, 9.17) is 4.52 Å². The first kappa shape index (κ1) is 7.67. The molecule has 4 heteroatoms. The molecule has 0 spiro atoms. The topological polar surface area (TPSA) is 56.0 Å². The quantitative estimate of drug-likeness (QED) is 0.648. The number of aromatic nitrogens is 2. The standard InChI is InChI=1S/C9H6N2O2/c12-5-7-1-3-8(4-2-7)9-10-6-11-13-9/h1-6H. The summed E-state index contributed by atoms with van der Waals surface area (Å²) in [6, 6.07) is 6.92. The van der Waals surface area contributed by atoms with Crippen LogP contribution in [0.3, 0.4) is 0 Å². The summed E-state index contributed by atoms with van der Waals surface area (Å²) < 4.78 is 4.84. The minimum absolute atomic E-state index is 0.456. The molecule has 0 amide bonds. The molecule has 4 nitrogen and oxygen atoms in total. The lowest BCUT2D eigenvalue weighted by Gasteiger charge is -1.93. The van der Waals surface area contributed by atoms with Crippen molar-refractivity contribution in [2.75, 3.05) is 0 Å². The lowest BCUT2D eigenvalue weighted by molar-refractivity contribution is 0.112. The lowest BCUT2D eigenvalue weighted by Crippen LogP contribution is -1.80. The Labute approximate surface area is 74.2 Å². The van der Waals surface area contributed by atoms with Gasteiger partial charge in [-0.25, -0.2) is 0 Å². The van der Waals surface area contributed by atoms with Crippen LogP contribution in [0.25, 0.3) is 11.5 Å². The highest BCUT2D eigenvalue weighted by Crippen LogP contribution is 2.15. The van der Waals surface area contributed by atoms with Gasteiger partial charge in [-0.1, -0.05) is 17.3 Å². The van der Waals surface area contributed by atoms with Crippen LogP contribution in [-0.2, 0) is 0 Å². The van der Waals surface area contributed by atoms with Gasteiger partial charge < -0.3 is 4.52 Å². The van der Waals surface area contributed by atoms with Crippen LogP contribution in [0.5, 0.6) is 0 Å². The number of aldehydes is 1. The van der Waals surface area contributed by atoms with E-state index in [0.717, 1.165) is 11.8 Å². The van der Waals surface area contributed by atoms with E-state index in [2.05, 4.69) is 10.1 Å². The van der Waals surface area contributed by atoms with E-state index in [9.17, 15) is 4.79 Å². The Bertz CT molecular complexity index is 392. The zero-order valence-corrected chi connectivity index (χ0v) is 6.68. The molecule has 1 aromatic carbocycles. The first-order chi connectivity index (χ1) is 6.40. The Balaban J connectivity index is 2.38. The number of rotatable bonds is 2. The van der Waals surface area contributed by atoms with Crippen molar-refractivity contribution < 1.29 is 9.32 Å². The maximum Gasteiger partial charge on any atom is 0.257 e. The SMILES string of the molecule is O=Cc1ccc(-c2ncno2)cc1. The molecule has 2 aromatic rings. The van der Waals surface area contributed by atoms with Crippen molar-refractivity contribution in [3.05, 3.63) is 36.2 Å². The van der Waals surface area contributed by atoms with Gasteiger partial charge in [0.1, 0.15) is 6.29 Å². The third kappa shape index (κ3) is 1.46. The summed E-state index contributed by atoms with van der Waals surface area (Å²) in [5.74, 6) is 0.456. The van der Waals surface area contributed by atoms with E-state index in [-0.39, 0.29) is 0 Å². The van der Waals surface area contributed by atoms with Crippen molar-refractivity contribution in [1.82, 2.24) is 10.1 Å². The Morgan fingerprint density at radius 1 is 1.23 bits per heavy atom. The summed E-state index contributed by atoms with van der Waals surface area (Å²) in [5.41, 5.74) is 1.44. The van der Waals surface area contributed by atoms with E-state index >= 15 is 0 Å². The number of hydrogen-bond acceptors (Lipinski definition) is 4. The number of hydrogen-bond donors (Lipinski definition) is 0. The first-order valence-corrected chi connectivity index (χ1v) is 3.72. The summed E-state index contributed by atoms with van der Waals surface area (Å²) in [5, 5.41) is 3.49. The number of benzene rings is 1. The Kier molecular flexibility index (Phi) is 1.88. The zero-order valence-electron chi connectivity index (χ0n) is 6.68. The molecule has 0 aliphatic carbocycles. The molecule has 1 aromatic heterocycles. The van der Waals surface area contributed by atoms with Crippen molar-refractivity contribution in [2.24, 2.45) is 0 Å². The van der Waals surface area contributed by atoms with Crippen molar-refractivity contribution in [3.63, 3.8) is 0 Å². The van der Waals surface area contributed by atoms with Crippen LogP contribution in [0.4, 0.5) is 0 Å². The maximum atomic E-state index is 10.4. The molecule has 0 saturated carbocycles. The van der Waals surface area contributed by atoms with Gasteiger partial charge in [0.25, 0.3) is 5.89 Å². The maximum absolute atomic E-state index is 10.4. The second kappa shape index (κ2) is 3.18. The monoisotopic (exact) mass is 174 g/mol. The van der Waals surface area contributed by atoms with Crippen LogP contribution in [0.1, 0.15) is 10.4 Å². The highest BCUT2D eigenvalue weighted by Gasteiger charge is 2.01. The third-order valence-corrected chi connectivity index (χ3v) is 1.66. The van der Waals surface area contributed by atoms with Gasteiger partial charge in [0.15, 0.2) is 6.33 Å². The summed E-state index contributed by atoms with van der Waals surface area (Å²) >= 11 is 0. The van der Waals surface area contributed by atoms with Gasteiger partial charge in [-0.15, -0.1) is 0 Å². The second-order valence-electron chi connectivity index (χ2n) is 2.49. The summed E-state index contributed by atoms with van der Waals surface area (Å²) in [4.78, 5) is 14.2. The molecule has 0 fully saturated rings. The van der Waals surface area contributed by atoms with E-state index in [1.165, 1.54) is 6.33 Å². The summed E-state index contributed by atoms with van der Waals surface area (Å²) in [7, 11) is 0. The van der Waals surface area contributed by atoms with Crippen molar-refractivity contribution >= 4 is 6.29 Å². The molecule has 0 aliphatic heterocycles. The van der Waals surface area contributed by atoms with Crippen LogP contribution in [0, 0.1) is 0 Å². The predicted molar refractivity (Wildman–Crippen MR) is 45.1 cm³/mol. The Hall–Kier alpha value is -1.97. The molecule has 0 bridgehead atoms. The van der Waals surface area contributed by atoms with Crippen molar-refractivity contribution in [1.29, 1.82) is 0 Å². The molecular weight excluding hydrogens is 168 g/mol. The van der Waals surface area contributed by atoms with Gasteiger partial charge >= 0.3 is 0 Å². The van der Waals surface area contributed by atoms with Crippen LogP contribution in [0.2, 0.25) is 0 Å². The number of carbonyl (C=O) groups is 1. The van der Waals surface area contributed by atoms with Gasteiger partial charge in [-0.3, -0.25) is 4.79 Å². The molecular formula is C9H6N2O2. The van der Waals surface area contributed by atoms with Gasteiger partial charge in [0.2, 0.25) is 0 Å². The highest BCUT2D eigenvalue weighted by atomic mass is 16.5. The molecule has 1 heterocycles. The van der Waals surface area contributed by atoms with Crippen LogP contribution >= 0.6 is 0 Å². The van der Waals surface area contributed by atoms with Crippen molar-refractivity contribution in [2.45, 2.75) is 0 Å². The molecule has 0 atom stereocenters. The number of nitrogens with zero attached hydrogens (tertiary/aromatic N) is 2. The zero-order chi connectivity index (χ0) is 9.10. The van der Waals surface area contributed by atoms with Crippen LogP contribution in [-0.4, -0.2) is 16.4 Å². The van der Waals surface area contributed by atoms with Crippen LogP contribution in [0.15, 0.2) is 35.1 Å². The average molecular weight is 174 g/mol.